The molecule has 114 valence electrons. The van der Waals surface area contributed by atoms with Crippen molar-refractivity contribution < 1.29 is 9.53 Å². The molecule has 0 aromatic heterocycles. The second-order valence-electron chi connectivity index (χ2n) is 6.09. The molecule has 2 unspecified atom stereocenters. The second-order valence-corrected chi connectivity index (χ2v) is 6.09. The third kappa shape index (κ3) is 2.64. The van der Waals surface area contributed by atoms with Crippen molar-refractivity contribution in [1.29, 1.82) is 0 Å². The van der Waals surface area contributed by atoms with Gasteiger partial charge in [0.1, 0.15) is 5.75 Å². The monoisotopic (exact) mass is 288 g/mol. The molecule has 1 amide bonds. The number of para-hydroxylation sites is 2. The van der Waals surface area contributed by atoms with Crippen LogP contribution < -0.4 is 15.4 Å². The number of anilines is 1. The van der Waals surface area contributed by atoms with Gasteiger partial charge in [-0.3, -0.25) is 4.79 Å². The molecule has 4 nitrogen and oxygen atoms in total. The summed E-state index contributed by atoms with van der Waals surface area (Å²) in [5.41, 5.74) is 6.52. The lowest BCUT2D eigenvalue weighted by Gasteiger charge is -2.25. The molecule has 0 spiro atoms. The molecule has 0 saturated heterocycles. The van der Waals surface area contributed by atoms with Gasteiger partial charge in [0.15, 0.2) is 0 Å². The number of carbonyl (C=O) groups is 1. The first-order chi connectivity index (χ1) is 10.3. The average molecular weight is 288 g/mol. The van der Waals surface area contributed by atoms with Gasteiger partial charge in [0.25, 0.3) is 0 Å². The predicted molar refractivity (Wildman–Crippen MR) is 83.3 cm³/mol. The van der Waals surface area contributed by atoms with Crippen molar-refractivity contribution in [2.45, 2.75) is 25.7 Å². The number of nitrogens with zero attached hydrogens (tertiary/aromatic N) is 1. The van der Waals surface area contributed by atoms with E-state index in [2.05, 4.69) is 0 Å². The van der Waals surface area contributed by atoms with Crippen LogP contribution in [0.5, 0.6) is 5.75 Å². The summed E-state index contributed by atoms with van der Waals surface area (Å²) in [6.07, 6.45) is 4.54. The van der Waals surface area contributed by atoms with E-state index >= 15 is 0 Å². The summed E-state index contributed by atoms with van der Waals surface area (Å²) in [4.78, 5) is 14.8. The van der Waals surface area contributed by atoms with Gasteiger partial charge in [-0.05, 0) is 49.8 Å². The number of amides is 1. The van der Waals surface area contributed by atoms with Crippen molar-refractivity contribution in [3.05, 3.63) is 24.3 Å². The third-order valence-electron chi connectivity index (χ3n) is 4.92. The van der Waals surface area contributed by atoms with Gasteiger partial charge in [-0.1, -0.05) is 18.6 Å². The Morgan fingerprint density at radius 2 is 2.05 bits per heavy atom. The van der Waals surface area contributed by atoms with Crippen LogP contribution in [0.4, 0.5) is 5.69 Å². The Kier molecular flexibility index (Phi) is 4.15. The van der Waals surface area contributed by atoms with Crippen LogP contribution in [0.3, 0.4) is 0 Å². The zero-order valence-electron chi connectivity index (χ0n) is 12.6. The number of fused-ring (bicyclic) bond motifs is 1. The van der Waals surface area contributed by atoms with Gasteiger partial charge in [0, 0.05) is 12.5 Å². The summed E-state index contributed by atoms with van der Waals surface area (Å²) in [6.45, 7) is 1.27. The maximum Gasteiger partial charge on any atom is 0.230 e. The van der Waals surface area contributed by atoms with E-state index in [1.54, 1.807) is 7.11 Å². The summed E-state index contributed by atoms with van der Waals surface area (Å²) in [5.74, 6) is 2.53. The lowest BCUT2D eigenvalue weighted by Crippen LogP contribution is -2.35. The number of methoxy groups -OCH3 is 1. The molecule has 3 rings (SSSR count). The van der Waals surface area contributed by atoms with Crippen LogP contribution in [-0.4, -0.2) is 26.1 Å². The van der Waals surface area contributed by atoms with Crippen LogP contribution in [0.15, 0.2) is 24.3 Å². The van der Waals surface area contributed by atoms with Gasteiger partial charge in [-0.25, -0.2) is 0 Å². The van der Waals surface area contributed by atoms with Crippen LogP contribution in [0.1, 0.15) is 25.7 Å². The molecule has 4 heteroatoms. The maximum absolute atomic E-state index is 12.9. The SMILES string of the molecule is COc1ccccc1N(CCCN)C(=O)C1C2CCCC21. The summed E-state index contributed by atoms with van der Waals surface area (Å²) in [5, 5.41) is 0. The highest BCUT2D eigenvalue weighted by molar-refractivity contribution is 5.98. The van der Waals surface area contributed by atoms with E-state index in [1.807, 2.05) is 29.2 Å². The summed E-state index contributed by atoms with van der Waals surface area (Å²) >= 11 is 0. The lowest BCUT2D eigenvalue weighted by molar-refractivity contribution is -0.120. The largest absolute Gasteiger partial charge is 0.495 e. The predicted octanol–water partition coefficient (Wildman–Crippen LogP) is 2.42. The van der Waals surface area contributed by atoms with E-state index in [0.717, 1.165) is 17.9 Å². The van der Waals surface area contributed by atoms with E-state index in [9.17, 15) is 4.79 Å². The Labute approximate surface area is 126 Å². The number of hydrogen-bond donors (Lipinski definition) is 1. The Morgan fingerprint density at radius 3 is 2.71 bits per heavy atom. The number of hydrogen-bond acceptors (Lipinski definition) is 3. The molecule has 1 aromatic rings. The van der Waals surface area contributed by atoms with Crippen molar-refractivity contribution in [3.8, 4) is 5.75 Å². The zero-order valence-corrected chi connectivity index (χ0v) is 12.6. The van der Waals surface area contributed by atoms with Gasteiger partial charge >= 0.3 is 0 Å². The fourth-order valence-electron chi connectivity index (χ4n) is 3.82. The van der Waals surface area contributed by atoms with Crippen LogP contribution in [-0.2, 0) is 4.79 Å². The number of rotatable bonds is 6. The fourth-order valence-corrected chi connectivity index (χ4v) is 3.82. The molecule has 0 bridgehead atoms. The van der Waals surface area contributed by atoms with E-state index < -0.39 is 0 Å². The first-order valence-corrected chi connectivity index (χ1v) is 7.92. The zero-order chi connectivity index (χ0) is 14.8. The molecule has 0 heterocycles. The van der Waals surface area contributed by atoms with Crippen molar-refractivity contribution in [1.82, 2.24) is 0 Å². The highest BCUT2D eigenvalue weighted by Gasteiger charge is 2.57. The molecule has 2 fully saturated rings. The molecular formula is C17H24N2O2. The Bertz CT molecular complexity index is 507. The molecule has 0 aliphatic heterocycles. The van der Waals surface area contributed by atoms with Crippen molar-refractivity contribution >= 4 is 11.6 Å². The first kappa shape index (κ1) is 14.4. The lowest BCUT2D eigenvalue weighted by atomic mass is 10.1. The van der Waals surface area contributed by atoms with Gasteiger partial charge in [-0.2, -0.15) is 0 Å². The van der Waals surface area contributed by atoms with Crippen LogP contribution in [0.25, 0.3) is 0 Å². The Morgan fingerprint density at radius 1 is 1.33 bits per heavy atom. The summed E-state index contributed by atoms with van der Waals surface area (Å²) in [7, 11) is 1.65. The van der Waals surface area contributed by atoms with Crippen LogP contribution >= 0.6 is 0 Å². The first-order valence-electron chi connectivity index (χ1n) is 7.92. The van der Waals surface area contributed by atoms with Crippen molar-refractivity contribution in [2.24, 2.45) is 23.5 Å². The second kappa shape index (κ2) is 6.06. The molecule has 1 aromatic carbocycles. The topological polar surface area (TPSA) is 55.6 Å². The quantitative estimate of drug-likeness (QED) is 0.874. The van der Waals surface area contributed by atoms with Crippen molar-refractivity contribution in [2.75, 3.05) is 25.1 Å². The van der Waals surface area contributed by atoms with E-state index in [-0.39, 0.29) is 11.8 Å². The number of nitrogens with two attached hydrogens (primary N) is 1. The number of benzene rings is 1. The molecule has 0 radical (unpaired) electrons. The fraction of sp³-hybridized carbons (Fsp3) is 0.588. The highest BCUT2D eigenvalue weighted by atomic mass is 16.5. The Balaban J connectivity index is 1.82. The average Bonchev–Trinajstić information content (AvgIpc) is 3.00. The van der Waals surface area contributed by atoms with Gasteiger partial charge in [-0.15, -0.1) is 0 Å². The molecule has 2 atom stereocenters. The van der Waals surface area contributed by atoms with E-state index in [4.69, 9.17) is 10.5 Å². The number of ether oxygens (including phenoxy) is 1. The molecule has 2 saturated carbocycles. The van der Waals surface area contributed by atoms with Gasteiger partial charge in [0.05, 0.1) is 12.8 Å². The third-order valence-corrected chi connectivity index (χ3v) is 4.92. The van der Waals surface area contributed by atoms with E-state index in [1.165, 1.54) is 19.3 Å². The van der Waals surface area contributed by atoms with Crippen molar-refractivity contribution in [3.63, 3.8) is 0 Å². The maximum atomic E-state index is 12.9. The van der Waals surface area contributed by atoms with E-state index in [0.29, 0.717) is 24.9 Å². The minimum atomic E-state index is 0.237. The minimum absolute atomic E-state index is 0.237. The van der Waals surface area contributed by atoms with Crippen LogP contribution in [0.2, 0.25) is 0 Å². The number of carbonyl (C=O) groups excluding carboxylic acids is 1. The molecular weight excluding hydrogens is 264 g/mol. The summed E-state index contributed by atoms with van der Waals surface area (Å²) < 4.78 is 5.43. The molecule has 2 aliphatic carbocycles. The smallest absolute Gasteiger partial charge is 0.230 e. The standard InChI is InChI=1S/C17H24N2O2/c1-21-15-9-3-2-8-14(15)19(11-5-10-18)17(20)16-12-6-4-7-13(12)16/h2-3,8-9,12-13,16H,4-7,10-11,18H2,1H3. The molecule has 2 N–H and O–H groups in total. The highest BCUT2D eigenvalue weighted by Crippen LogP contribution is 2.58. The Hall–Kier alpha value is -1.55. The molecule has 21 heavy (non-hydrogen) atoms. The van der Waals surface area contributed by atoms with Gasteiger partial charge < -0.3 is 15.4 Å². The van der Waals surface area contributed by atoms with Gasteiger partial charge in [0.2, 0.25) is 5.91 Å². The summed E-state index contributed by atoms with van der Waals surface area (Å²) in [6, 6.07) is 7.76. The van der Waals surface area contributed by atoms with Crippen LogP contribution in [0, 0.1) is 17.8 Å². The normalized spacial score (nSPS) is 26.3. The molecule has 2 aliphatic rings. The minimum Gasteiger partial charge on any atom is -0.495 e.